The van der Waals surface area contributed by atoms with Gasteiger partial charge in [0.05, 0.1) is 6.42 Å². The third kappa shape index (κ3) is 4.28. The van der Waals surface area contributed by atoms with Crippen LogP contribution in [0.3, 0.4) is 0 Å². The van der Waals surface area contributed by atoms with Crippen LogP contribution >= 0.6 is 0 Å². The average molecular weight is 301 g/mol. The molecule has 0 aliphatic carbocycles. The van der Waals surface area contributed by atoms with E-state index in [-0.39, 0.29) is 24.7 Å². The largest absolute Gasteiger partial charge is 0.481 e. The number of rotatable bonds is 7. The molecule has 1 fully saturated rings. The molecule has 0 aromatic heterocycles. The van der Waals surface area contributed by atoms with Gasteiger partial charge in [-0.15, -0.1) is 0 Å². The van der Waals surface area contributed by atoms with Crippen molar-refractivity contribution in [3.63, 3.8) is 0 Å². The highest BCUT2D eigenvalue weighted by Crippen LogP contribution is 2.22. The minimum atomic E-state index is -0.818. The van der Waals surface area contributed by atoms with Gasteiger partial charge in [0.1, 0.15) is 0 Å². The monoisotopic (exact) mass is 301 g/mol. The van der Waals surface area contributed by atoms with Gasteiger partial charge in [-0.2, -0.15) is 0 Å². The quantitative estimate of drug-likeness (QED) is 0.477. The van der Waals surface area contributed by atoms with Gasteiger partial charge in [-0.1, -0.05) is 36.8 Å². The number of carbonyl (C=O) groups excluding carboxylic acids is 2. The second-order valence-corrected chi connectivity index (χ2v) is 5.31. The van der Waals surface area contributed by atoms with Crippen molar-refractivity contribution in [3.8, 4) is 0 Å². The van der Waals surface area contributed by atoms with Crippen LogP contribution in [0.1, 0.15) is 37.7 Å². The zero-order valence-electron chi connectivity index (χ0n) is 12.3. The van der Waals surface area contributed by atoms with E-state index in [1.54, 1.807) is 6.08 Å². The molecule has 5 heteroatoms. The number of aliphatic carboxylic acids is 1. The molecule has 1 N–H and O–H groups in total. The fourth-order valence-corrected chi connectivity index (χ4v) is 2.43. The predicted octanol–water partition coefficient (Wildman–Crippen LogP) is 2.47. The van der Waals surface area contributed by atoms with Crippen LogP contribution in [0.4, 0.5) is 0 Å². The second-order valence-electron chi connectivity index (χ2n) is 5.31. The first-order chi connectivity index (χ1) is 10.6. The molecular formula is C17H19NO4. The molecule has 5 nitrogen and oxygen atoms in total. The SMILES string of the molecule is O=C(O)CCCCCN1C(=O)CC(=Cc2ccccc2)C1=O. The van der Waals surface area contributed by atoms with Crippen molar-refractivity contribution in [2.45, 2.75) is 32.1 Å². The van der Waals surface area contributed by atoms with Crippen LogP contribution in [0.15, 0.2) is 35.9 Å². The Labute approximate surface area is 129 Å². The number of imide groups is 1. The summed E-state index contributed by atoms with van der Waals surface area (Å²) < 4.78 is 0. The molecule has 0 radical (unpaired) electrons. The lowest BCUT2D eigenvalue weighted by Crippen LogP contribution is -2.30. The molecular weight excluding hydrogens is 282 g/mol. The van der Waals surface area contributed by atoms with Gasteiger partial charge in [-0.25, -0.2) is 0 Å². The molecule has 22 heavy (non-hydrogen) atoms. The lowest BCUT2D eigenvalue weighted by Gasteiger charge is -2.12. The number of unbranched alkanes of at least 4 members (excludes halogenated alkanes) is 2. The molecule has 1 aliphatic rings. The number of benzene rings is 1. The molecule has 2 amide bonds. The fraction of sp³-hybridized carbons (Fsp3) is 0.353. The number of hydrogen-bond acceptors (Lipinski definition) is 3. The first-order valence-electron chi connectivity index (χ1n) is 7.40. The van der Waals surface area contributed by atoms with Crippen LogP contribution in [0.5, 0.6) is 0 Å². The van der Waals surface area contributed by atoms with Gasteiger partial charge >= 0.3 is 5.97 Å². The summed E-state index contributed by atoms with van der Waals surface area (Å²) in [6.07, 6.45) is 3.93. The Kier molecular flexibility index (Phi) is 5.47. The third-order valence-electron chi connectivity index (χ3n) is 3.58. The highest BCUT2D eigenvalue weighted by molar-refractivity contribution is 6.15. The summed E-state index contributed by atoms with van der Waals surface area (Å²) in [4.78, 5) is 35.8. The zero-order chi connectivity index (χ0) is 15.9. The third-order valence-corrected chi connectivity index (χ3v) is 3.58. The topological polar surface area (TPSA) is 74.7 Å². The molecule has 1 aliphatic heterocycles. The number of carboxylic acid groups (broad SMARTS) is 1. The van der Waals surface area contributed by atoms with Crippen LogP contribution in [0, 0.1) is 0 Å². The highest BCUT2D eigenvalue weighted by atomic mass is 16.4. The van der Waals surface area contributed by atoms with E-state index in [0.717, 1.165) is 5.56 Å². The normalized spacial score (nSPS) is 16.5. The summed E-state index contributed by atoms with van der Waals surface area (Å²) >= 11 is 0. The Bertz CT molecular complexity index is 592. The van der Waals surface area contributed by atoms with Gasteiger partial charge < -0.3 is 5.11 Å². The molecule has 1 saturated heterocycles. The summed E-state index contributed by atoms with van der Waals surface area (Å²) in [6, 6.07) is 9.44. The first-order valence-corrected chi connectivity index (χ1v) is 7.40. The van der Waals surface area contributed by atoms with Gasteiger partial charge in [-0.3, -0.25) is 19.3 Å². The Morgan fingerprint density at radius 3 is 2.55 bits per heavy atom. The van der Waals surface area contributed by atoms with E-state index in [4.69, 9.17) is 5.11 Å². The van der Waals surface area contributed by atoms with Crippen molar-refractivity contribution >= 4 is 23.9 Å². The molecule has 0 saturated carbocycles. The van der Waals surface area contributed by atoms with Crippen LogP contribution < -0.4 is 0 Å². The Balaban J connectivity index is 1.89. The number of hydrogen-bond donors (Lipinski definition) is 1. The highest BCUT2D eigenvalue weighted by Gasteiger charge is 2.32. The standard InChI is InChI=1S/C17H19NO4/c19-15-12-14(11-13-7-3-1-4-8-13)17(22)18(15)10-6-2-5-9-16(20)21/h1,3-4,7-8,11H,2,5-6,9-10,12H2,(H,20,21). The number of likely N-dealkylation sites (tertiary alicyclic amines) is 1. The predicted molar refractivity (Wildman–Crippen MR) is 81.9 cm³/mol. The van der Waals surface area contributed by atoms with Crippen LogP contribution in [0.2, 0.25) is 0 Å². The van der Waals surface area contributed by atoms with Crippen molar-refractivity contribution in [1.29, 1.82) is 0 Å². The van der Waals surface area contributed by atoms with E-state index in [2.05, 4.69) is 0 Å². The van der Waals surface area contributed by atoms with E-state index in [0.29, 0.717) is 31.4 Å². The van der Waals surface area contributed by atoms with E-state index in [1.807, 2.05) is 30.3 Å². The van der Waals surface area contributed by atoms with E-state index < -0.39 is 5.97 Å². The van der Waals surface area contributed by atoms with E-state index >= 15 is 0 Å². The number of amides is 2. The maximum Gasteiger partial charge on any atom is 0.303 e. The van der Waals surface area contributed by atoms with Crippen molar-refractivity contribution in [3.05, 3.63) is 41.5 Å². The first kappa shape index (κ1) is 15.9. The van der Waals surface area contributed by atoms with Gasteiger partial charge in [-0.05, 0) is 24.5 Å². The van der Waals surface area contributed by atoms with Crippen molar-refractivity contribution < 1.29 is 19.5 Å². The number of nitrogens with zero attached hydrogens (tertiary/aromatic N) is 1. The van der Waals surface area contributed by atoms with E-state index in [9.17, 15) is 14.4 Å². The lowest BCUT2D eigenvalue weighted by molar-refractivity contribution is -0.139. The maximum absolute atomic E-state index is 12.2. The fourth-order valence-electron chi connectivity index (χ4n) is 2.43. The van der Waals surface area contributed by atoms with Crippen LogP contribution in [-0.4, -0.2) is 34.3 Å². The van der Waals surface area contributed by atoms with Crippen molar-refractivity contribution in [2.75, 3.05) is 6.54 Å². The number of carbonyl (C=O) groups is 3. The molecule has 0 bridgehead atoms. The van der Waals surface area contributed by atoms with Crippen LogP contribution in [-0.2, 0) is 14.4 Å². The minimum absolute atomic E-state index is 0.126. The van der Waals surface area contributed by atoms with Gasteiger partial charge in [0.15, 0.2) is 0 Å². The summed E-state index contributed by atoms with van der Waals surface area (Å²) in [7, 11) is 0. The van der Waals surface area contributed by atoms with Crippen molar-refractivity contribution in [2.24, 2.45) is 0 Å². The summed E-state index contributed by atoms with van der Waals surface area (Å²) in [5.41, 5.74) is 1.42. The molecule has 116 valence electrons. The van der Waals surface area contributed by atoms with Crippen molar-refractivity contribution in [1.82, 2.24) is 4.90 Å². The molecule has 2 rings (SSSR count). The molecule has 0 unspecified atom stereocenters. The van der Waals surface area contributed by atoms with E-state index in [1.165, 1.54) is 4.90 Å². The average Bonchev–Trinajstić information content (AvgIpc) is 2.75. The molecule has 1 heterocycles. The summed E-state index contributed by atoms with van der Waals surface area (Å²) in [5.74, 6) is -1.22. The Morgan fingerprint density at radius 1 is 1.14 bits per heavy atom. The lowest BCUT2D eigenvalue weighted by atomic mass is 10.1. The minimum Gasteiger partial charge on any atom is -0.481 e. The summed E-state index contributed by atoms with van der Waals surface area (Å²) in [5, 5.41) is 8.56. The van der Waals surface area contributed by atoms with Crippen LogP contribution in [0.25, 0.3) is 6.08 Å². The summed E-state index contributed by atoms with van der Waals surface area (Å²) in [6.45, 7) is 0.364. The molecule has 0 spiro atoms. The Hall–Kier alpha value is -2.43. The van der Waals surface area contributed by atoms with Gasteiger partial charge in [0.2, 0.25) is 5.91 Å². The second kappa shape index (κ2) is 7.54. The van der Waals surface area contributed by atoms with Gasteiger partial charge in [0, 0.05) is 18.5 Å². The molecule has 0 atom stereocenters. The maximum atomic E-state index is 12.2. The zero-order valence-corrected chi connectivity index (χ0v) is 12.3. The molecule has 1 aromatic rings. The number of carboxylic acids is 1. The van der Waals surface area contributed by atoms with Gasteiger partial charge in [0.25, 0.3) is 5.91 Å². The Morgan fingerprint density at radius 2 is 1.86 bits per heavy atom. The smallest absolute Gasteiger partial charge is 0.303 e. The molecule has 1 aromatic carbocycles.